The molecule has 0 fully saturated rings. The van der Waals surface area contributed by atoms with Crippen LogP contribution in [0.2, 0.25) is 0 Å². The summed E-state index contributed by atoms with van der Waals surface area (Å²) in [6, 6.07) is 28.2. The SMILES string of the molecule is Cn1nc(-c2ccccc2)c(O)c1-c1ccc(-c2ccccc2)cc1. The summed E-state index contributed by atoms with van der Waals surface area (Å²) in [5, 5.41) is 15.2. The molecule has 1 aromatic heterocycles. The van der Waals surface area contributed by atoms with Gasteiger partial charge in [-0.05, 0) is 11.1 Å². The number of aromatic nitrogens is 2. The number of aryl methyl sites for hydroxylation is 1. The minimum atomic E-state index is 0.209. The second-order valence-electron chi connectivity index (χ2n) is 5.98. The summed E-state index contributed by atoms with van der Waals surface area (Å²) in [6.45, 7) is 0. The van der Waals surface area contributed by atoms with Crippen LogP contribution in [-0.2, 0) is 7.05 Å². The van der Waals surface area contributed by atoms with Crippen molar-refractivity contribution in [1.29, 1.82) is 0 Å². The number of nitrogens with zero attached hydrogens (tertiary/aromatic N) is 2. The molecule has 1 N–H and O–H groups in total. The van der Waals surface area contributed by atoms with Crippen molar-refractivity contribution in [2.24, 2.45) is 7.05 Å². The molecule has 0 saturated carbocycles. The third kappa shape index (κ3) is 2.81. The highest BCUT2D eigenvalue weighted by Gasteiger charge is 2.18. The number of aromatic hydroxyl groups is 1. The summed E-state index contributed by atoms with van der Waals surface area (Å²) in [5.41, 5.74) is 5.49. The van der Waals surface area contributed by atoms with E-state index < -0.39 is 0 Å². The molecular weight excluding hydrogens is 308 g/mol. The van der Waals surface area contributed by atoms with Gasteiger partial charge in [-0.15, -0.1) is 0 Å². The first-order valence-electron chi connectivity index (χ1n) is 8.21. The number of rotatable bonds is 3. The molecule has 3 nitrogen and oxygen atoms in total. The van der Waals surface area contributed by atoms with Crippen LogP contribution in [0.5, 0.6) is 5.75 Å². The van der Waals surface area contributed by atoms with Crippen molar-refractivity contribution in [2.75, 3.05) is 0 Å². The van der Waals surface area contributed by atoms with Gasteiger partial charge in [-0.2, -0.15) is 5.10 Å². The van der Waals surface area contributed by atoms with Crippen LogP contribution < -0.4 is 0 Å². The second-order valence-corrected chi connectivity index (χ2v) is 5.98. The lowest BCUT2D eigenvalue weighted by Crippen LogP contribution is -1.93. The molecule has 4 aromatic rings. The van der Waals surface area contributed by atoms with Crippen LogP contribution in [0.1, 0.15) is 0 Å². The van der Waals surface area contributed by atoms with Gasteiger partial charge in [-0.25, -0.2) is 0 Å². The molecule has 122 valence electrons. The Morgan fingerprint density at radius 1 is 0.640 bits per heavy atom. The average Bonchev–Trinajstić information content (AvgIpc) is 2.98. The zero-order chi connectivity index (χ0) is 17.2. The van der Waals surface area contributed by atoms with E-state index in [9.17, 15) is 5.11 Å². The first-order chi connectivity index (χ1) is 12.2. The van der Waals surface area contributed by atoms with Gasteiger partial charge in [0.2, 0.25) is 0 Å². The van der Waals surface area contributed by atoms with Crippen LogP contribution in [0.15, 0.2) is 84.9 Å². The molecule has 0 spiro atoms. The summed E-state index contributed by atoms with van der Waals surface area (Å²) >= 11 is 0. The Balaban J connectivity index is 1.74. The lowest BCUT2D eigenvalue weighted by atomic mass is 10.0. The van der Waals surface area contributed by atoms with Gasteiger partial charge in [-0.3, -0.25) is 4.68 Å². The van der Waals surface area contributed by atoms with Crippen LogP contribution in [0, 0.1) is 0 Å². The van der Waals surface area contributed by atoms with Gasteiger partial charge in [0.1, 0.15) is 11.4 Å². The zero-order valence-electron chi connectivity index (χ0n) is 13.9. The lowest BCUT2D eigenvalue weighted by Gasteiger charge is -2.06. The molecule has 1 heterocycles. The predicted octanol–water partition coefficient (Wildman–Crippen LogP) is 5.13. The van der Waals surface area contributed by atoms with Crippen molar-refractivity contribution in [3.05, 3.63) is 84.9 Å². The molecule has 0 saturated heterocycles. The van der Waals surface area contributed by atoms with E-state index in [4.69, 9.17) is 0 Å². The van der Waals surface area contributed by atoms with Crippen LogP contribution in [-0.4, -0.2) is 14.9 Å². The Morgan fingerprint density at radius 3 is 1.72 bits per heavy atom. The number of benzene rings is 3. The maximum atomic E-state index is 10.7. The van der Waals surface area contributed by atoms with E-state index in [0.29, 0.717) is 5.69 Å². The van der Waals surface area contributed by atoms with Crippen LogP contribution in [0.25, 0.3) is 33.6 Å². The first-order valence-corrected chi connectivity index (χ1v) is 8.21. The van der Waals surface area contributed by atoms with Crippen molar-refractivity contribution in [3.63, 3.8) is 0 Å². The summed E-state index contributed by atoms with van der Waals surface area (Å²) in [4.78, 5) is 0. The number of hydrogen-bond donors (Lipinski definition) is 1. The van der Waals surface area contributed by atoms with Gasteiger partial charge < -0.3 is 5.11 Å². The van der Waals surface area contributed by atoms with Crippen molar-refractivity contribution in [2.45, 2.75) is 0 Å². The summed E-state index contributed by atoms with van der Waals surface area (Å²) in [7, 11) is 1.85. The molecule has 0 radical (unpaired) electrons. The summed E-state index contributed by atoms with van der Waals surface area (Å²) in [6.07, 6.45) is 0. The van der Waals surface area contributed by atoms with Crippen molar-refractivity contribution in [1.82, 2.24) is 9.78 Å². The van der Waals surface area contributed by atoms with Gasteiger partial charge in [0.05, 0.1) is 0 Å². The molecule has 0 aliphatic carbocycles. The van der Waals surface area contributed by atoms with Gasteiger partial charge >= 0.3 is 0 Å². The highest BCUT2D eigenvalue weighted by Crippen LogP contribution is 2.37. The maximum absolute atomic E-state index is 10.7. The van der Waals surface area contributed by atoms with Crippen LogP contribution >= 0.6 is 0 Å². The molecule has 4 rings (SSSR count). The molecule has 25 heavy (non-hydrogen) atoms. The molecule has 3 heteroatoms. The maximum Gasteiger partial charge on any atom is 0.169 e. The van der Waals surface area contributed by atoms with E-state index in [1.165, 1.54) is 5.56 Å². The summed E-state index contributed by atoms with van der Waals surface area (Å²) < 4.78 is 1.73. The smallest absolute Gasteiger partial charge is 0.169 e. The summed E-state index contributed by atoms with van der Waals surface area (Å²) in [5.74, 6) is 0.209. The highest BCUT2D eigenvalue weighted by atomic mass is 16.3. The molecular formula is C22H18N2O. The fourth-order valence-corrected chi connectivity index (χ4v) is 3.08. The zero-order valence-corrected chi connectivity index (χ0v) is 13.9. The molecule has 0 unspecified atom stereocenters. The van der Waals surface area contributed by atoms with E-state index in [-0.39, 0.29) is 5.75 Å². The fraction of sp³-hybridized carbons (Fsp3) is 0.0455. The van der Waals surface area contributed by atoms with E-state index in [1.807, 2.05) is 67.7 Å². The molecule has 0 amide bonds. The molecule has 0 atom stereocenters. The van der Waals surface area contributed by atoms with Crippen molar-refractivity contribution < 1.29 is 5.11 Å². The Kier molecular flexibility index (Phi) is 3.82. The van der Waals surface area contributed by atoms with Crippen LogP contribution in [0.3, 0.4) is 0 Å². The van der Waals surface area contributed by atoms with Gasteiger partial charge in [0, 0.05) is 18.2 Å². The third-order valence-corrected chi connectivity index (χ3v) is 4.33. The predicted molar refractivity (Wildman–Crippen MR) is 101 cm³/mol. The largest absolute Gasteiger partial charge is 0.504 e. The van der Waals surface area contributed by atoms with Gasteiger partial charge in [0.25, 0.3) is 0 Å². The minimum absolute atomic E-state index is 0.209. The highest BCUT2D eigenvalue weighted by molar-refractivity contribution is 5.79. The van der Waals surface area contributed by atoms with E-state index in [1.54, 1.807) is 4.68 Å². The fourth-order valence-electron chi connectivity index (χ4n) is 3.08. The van der Waals surface area contributed by atoms with Crippen molar-refractivity contribution in [3.8, 4) is 39.4 Å². The monoisotopic (exact) mass is 326 g/mol. The minimum Gasteiger partial charge on any atom is -0.504 e. The lowest BCUT2D eigenvalue weighted by molar-refractivity contribution is 0.478. The Labute approximate surface area is 146 Å². The van der Waals surface area contributed by atoms with E-state index >= 15 is 0 Å². The van der Waals surface area contributed by atoms with Crippen molar-refractivity contribution >= 4 is 0 Å². The number of hydrogen-bond acceptors (Lipinski definition) is 2. The first kappa shape index (κ1) is 15.2. The quantitative estimate of drug-likeness (QED) is 0.567. The standard InChI is InChI=1S/C22H18N2O/c1-24-21(22(25)20(23-24)18-10-6-3-7-11-18)19-14-12-17(13-15-19)16-8-4-2-5-9-16/h2-15,25H,1H3. The van der Waals surface area contributed by atoms with Gasteiger partial charge in [0.15, 0.2) is 5.75 Å². The molecule has 3 aromatic carbocycles. The Bertz CT molecular complexity index is 988. The Morgan fingerprint density at radius 2 is 1.12 bits per heavy atom. The topological polar surface area (TPSA) is 38.0 Å². The normalized spacial score (nSPS) is 10.8. The average molecular weight is 326 g/mol. The van der Waals surface area contributed by atoms with Gasteiger partial charge in [-0.1, -0.05) is 84.9 Å². The van der Waals surface area contributed by atoms with E-state index in [0.717, 1.165) is 22.4 Å². The third-order valence-electron chi connectivity index (χ3n) is 4.33. The molecule has 0 aliphatic heterocycles. The second kappa shape index (κ2) is 6.29. The Hall–Kier alpha value is -3.33. The van der Waals surface area contributed by atoms with E-state index in [2.05, 4.69) is 29.4 Å². The van der Waals surface area contributed by atoms with Crippen LogP contribution in [0.4, 0.5) is 0 Å². The molecule has 0 bridgehead atoms. The molecule has 0 aliphatic rings.